The van der Waals surface area contributed by atoms with Crippen LogP contribution in [0.15, 0.2) is 0 Å². The Bertz CT molecular complexity index is 512. The minimum atomic E-state index is -0.470. The van der Waals surface area contributed by atoms with Crippen LogP contribution in [0.5, 0.6) is 0 Å². The van der Waals surface area contributed by atoms with Gasteiger partial charge in [0.15, 0.2) is 0 Å². The van der Waals surface area contributed by atoms with E-state index in [4.69, 9.17) is 0 Å². The van der Waals surface area contributed by atoms with Crippen molar-refractivity contribution in [3.8, 4) is 0 Å². The molecule has 6 rings (SSSR count). The van der Waals surface area contributed by atoms with E-state index in [1.165, 1.54) is 12.8 Å². The van der Waals surface area contributed by atoms with Crippen molar-refractivity contribution in [1.82, 2.24) is 10.6 Å². The first-order chi connectivity index (χ1) is 8.23. The summed E-state index contributed by atoms with van der Waals surface area (Å²) in [7, 11) is 0. The van der Waals surface area contributed by atoms with Crippen LogP contribution in [0.3, 0.4) is 0 Å². The quantitative estimate of drug-likeness (QED) is 0.590. The van der Waals surface area contributed by atoms with Crippen molar-refractivity contribution in [2.45, 2.75) is 18.4 Å². The molecule has 0 aromatic carbocycles. The minimum Gasteiger partial charge on any atom is -0.323 e. The lowest BCUT2D eigenvalue weighted by Crippen LogP contribution is -2.63. The van der Waals surface area contributed by atoms with E-state index >= 15 is 0 Å². The summed E-state index contributed by atoms with van der Waals surface area (Å²) in [4.78, 5) is 23.9. The Kier molecular flexibility index (Phi) is 0.914. The Hall–Kier alpha value is -1.06. The van der Waals surface area contributed by atoms with E-state index in [1.54, 1.807) is 0 Å². The van der Waals surface area contributed by atoms with Crippen LogP contribution < -0.4 is 10.6 Å². The highest BCUT2D eigenvalue weighted by atomic mass is 16.2. The lowest BCUT2D eigenvalue weighted by molar-refractivity contribution is -0.133. The van der Waals surface area contributed by atoms with Gasteiger partial charge in [0.1, 0.15) is 5.54 Å². The van der Waals surface area contributed by atoms with Crippen molar-refractivity contribution < 1.29 is 9.59 Å². The van der Waals surface area contributed by atoms with Crippen molar-refractivity contribution in [3.05, 3.63) is 0 Å². The largest absolute Gasteiger partial charge is 0.323 e. The maximum absolute atomic E-state index is 12.3. The van der Waals surface area contributed by atoms with Crippen LogP contribution in [0.2, 0.25) is 0 Å². The predicted molar refractivity (Wildman–Crippen MR) is 56.6 cm³/mol. The number of rotatable bonds is 0. The van der Waals surface area contributed by atoms with E-state index in [-0.39, 0.29) is 11.9 Å². The SMILES string of the molecule is O=C1NC(=O)C2(N1)C1C3CC4C5C3CC1C5C42. The summed E-state index contributed by atoms with van der Waals surface area (Å²) in [5.74, 6) is 5.82. The molecule has 1 saturated heterocycles. The molecule has 1 spiro atoms. The van der Waals surface area contributed by atoms with Gasteiger partial charge in [-0.1, -0.05) is 0 Å². The van der Waals surface area contributed by atoms with Crippen LogP contribution >= 0.6 is 0 Å². The Labute approximate surface area is 98.5 Å². The Morgan fingerprint density at radius 2 is 1.71 bits per heavy atom. The zero-order valence-electron chi connectivity index (χ0n) is 9.35. The van der Waals surface area contributed by atoms with Gasteiger partial charge in [-0.3, -0.25) is 10.1 Å². The normalized spacial score (nSPS) is 71.3. The summed E-state index contributed by atoms with van der Waals surface area (Å²) in [5, 5.41) is 5.56. The monoisotopic (exact) mass is 230 g/mol. The van der Waals surface area contributed by atoms with E-state index in [0.29, 0.717) is 11.8 Å². The van der Waals surface area contributed by atoms with Gasteiger partial charge in [-0.2, -0.15) is 0 Å². The molecule has 2 N–H and O–H groups in total. The van der Waals surface area contributed by atoms with Crippen LogP contribution in [-0.4, -0.2) is 17.5 Å². The molecule has 0 aromatic rings. The van der Waals surface area contributed by atoms with Crippen LogP contribution in [0.25, 0.3) is 0 Å². The average Bonchev–Trinajstić information content (AvgIpc) is 2.82. The summed E-state index contributed by atoms with van der Waals surface area (Å²) in [6, 6.07) is -0.248. The second-order valence-corrected chi connectivity index (χ2v) is 7.11. The third-order valence-corrected chi connectivity index (χ3v) is 7.34. The maximum atomic E-state index is 12.3. The van der Waals surface area contributed by atoms with Crippen molar-refractivity contribution in [3.63, 3.8) is 0 Å². The number of hydrogen-bond donors (Lipinski definition) is 2. The lowest BCUT2D eigenvalue weighted by atomic mass is 9.55. The molecule has 0 aromatic heterocycles. The van der Waals surface area contributed by atoms with Gasteiger partial charge in [-0.25, -0.2) is 4.79 Å². The molecule has 1 aliphatic heterocycles. The highest BCUT2D eigenvalue weighted by Crippen LogP contribution is 2.85. The van der Waals surface area contributed by atoms with Gasteiger partial charge < -0.3 is 5.32 Å². The van der Waals surface area contributed by atoms with Gasteiger partial charge in [0, 0.05) is 0 Å². The second-order valence-electron chi connectivity index (χ2n) is 7.11. The Morgan fingerprint density at radius 3 is 2.47 bits per heavy atom. The number of carbonyl (C=O) groups excluding carboxylic acids is 2. The molecule has 5 aliphatic carbocycles. The highest BCUT2D eigenvalue weighted by Gasteiger charge is 2.87. The molecule has 3 amide bonds. The fourth-order valence-electron chi connectivity index (χ4n) is 7.55. The van der Waals surface area contributed by atoms with Crippen LogP contribution in [0, 0.1) is 47.3 Å². The molecule has 2 bridgehead atoms. The molecule has 1 heterocycles. The topological polar surface area (TPSA) is 58.2 Å². The van der Waals surface area contributed by atoms with Gasteiger partial charge in [-0.05, 0) is 60.2 Å². The molecule has 6 aliphatic rings. The molecule has 5 saturated carbocycles. The van der Waals surface area contributed by atoms with Crippen LogP contribution in [0.4, 0.5) is 4.79 Å². The number of amides is 3. The third-order valence-electron chi connectivity index (χ3n) is 7.34. The molecule has 6 fully saturated rings. The number of fused-ring (bicyclic) bond motifs is 4. The molecular weight excluding hydrogens is 216 g/mol. The van der Waals surface area contributed by atoms with E-state index in [1.807, 2.05) is 0 Å². The van der Waals surface area contributed by atoms with Gasteiger partial charge in [0.25, 0.3) is 5.91 Å². The molecule has 88 valence electrons. The number of imide groups is 1. The van der Waals surface area contributed by atoms with E-state index < -0.39 is 5.54 Å². The Balaban J connectivity index is 1.64. The van der Waals surface area contributed by atoms with Crippen LogP contribution in [0.1, 0.15) is 12.8 Å². The zero-order chi connectivity index (χ0) is 11.1. The average molecular weight is 230 g/mol. The lowest BCUT2D eigenvalue weighted by Gasteiger charge is -2.50. The van der Waals surface area contributed by atoms with E-state index in [9.17, 15) is 9.59 Å². The molecular formula is C13H14N2O2. The molecule has 4 nitrogen and oxygen atoms in total. The standard InChI is InChI=1S/C13H14N2O2/c16-11-13(15-12(17)14-11)9-4-2-5-7-3(4)1-6(9)8(7)10(5)13/h3-10H,1-2H2,(H2,14,15,16,17). The van der Waals surface area contributed by atoms with Crippen molar-refractivity contribution in [2.24, 2.45) is 47.3 Å². The summed E-state index contributed by atoms with van der Waals surface area (Å²) in [6.45, 7) is 0. The third kappa shape index (κ3) is 0.511. The summed E-state index contributed by atoms with van der Waals surface area (Å²) in [5.41, 5.74) is -0.470. The summed E-state index contributed by atoms with van der Waals surface area (Å²) < 4.78 is 0. The highest BCUT2D eigenvalue weighted by molar-refractivity contribution is 6.08. The number of urea groups is 1. The summed E-state index contributed by atoms with van der Waals surface area (Å²) in [6.07, 6.45) is 2.70. The fraction of sp³-hybridized carbons (Fsp3) is 0.846. The molecule has 9 unspecified atom stereocenters. The van der Waals surface area contributed by atoms with Gasteiger partial charge in [0.05, 0.1) is 0 Å². The van der Waals surface area contributed by atoms with Crippen LogP contribution in [-0.2, 0) is 4.79 Å². The molecule has 9 atom stereocenters. The Morgan fingerprint density at radius 1 is 0.941 bits per heavy atom. The predicted octanol–water partition coefficient (Wildman–Crippen LogP) is 0.342. The zero-order valence-corrected chi connectivity index (χ0v) is 9.35. The molecule has 0 radical (unpaired) electrons. The number of carbonyl (C=O) groups is 2. The fourth-order valence-corrected chi connectivity index (χ4v) is 7.55. The molecule has 17 heavy (non-hydrogen) atoms. The van der Waals surface area contributed by atoms with Crippen molar-refractivity contribution >= 4 is 11.9 Å². The van der Waals surface area contributed by atoms with Gasteiger partial charge >= 0.3 is 6.03 Å². The number of nitrogens with one attached hydrogen (secondary N) is 2. The van der Waals surface area contributed by atoms with Crippen molar-refractivity contribution in [2.75, 3.05) is 0 Å². The van der Waals surface area contributed by atoms with Gasteiger partial charge in [-0.15, -0.1) is 0 Å². The van der Waals surface area contributed by atoms with Gasteiger partial charge in [0.2, 0.25) is 0 Å². The minimum absolute atomic E-state index is 0.000648. The van der Waals surface area contributed by atoms with E-state index in [0.717, 1.165) is 35.5 Å². The van der Waals surface area contributed by atoms with Crippen molar-refractivity contribution in [1.29, 1.82) is 0 Å². The molecule has 4 heteroatoms. The first kappa shape index (κ1) is 8.11. The summed E-state index contributed by atoms with van der Waals surface area (Å²) >= 11 is 0. The number of hydrogen-bond acceptors (Lipinski definition) is 2. The van der Waals surface area contributed by atoms with E-state index in [2.05, 4.69) is 10.6 Å². The maximum Gasteiger partial charge on any atom is 0.322 e. The smallest absolute Gasteiger partial charge is 0.322 e. The second kappa shape index (κ2) is 1.91. The first-order valence-corrected chi connectivity index (χ1v) is 6.87. The first-order valence-electron chi connectivity index (χ1n) is 6.87.